The summed E-state index contributed by atoms with van der Waals surface area (Å²) in [4.78, 5) is 2.51. The third-order valence-electron chi connectivity index (χ3n) is 13.4. The molecule has 268 valence electrons. The molecule has 0 fully saturated rings. The van der Waals surface area contributed by atoms with Gasteiger partial charge in [0.05, 0.1) is 5.41 Å². The molecule has 1 heteroatoms. The molecule has 8 aromatic rings. The molecular formula is C55H43N. The topological polar surface area (TPSA) is 3.24 Å². The maximum Gasteiger partial charge on any atom is 0.0714 e. The van der Waals surface area contributed by atoms with Gasteiger partial charge in [0.15, 0.2) is 0 Å². The predicted molar refractivity (Wildman–Crippen MR) is 234 cm³/mol. The Morgan fingerprint density at radius 1 is 0.286 bits per heavy atom. The molecule has 8 aromatic carbocycles. The molecule has 0 saturated heterocycles. The van der Waals surface area contributed by atoms with Crippen LogP contribution in [0.3, 0.4) is 0 Å². The number of fused-ring (bicyclic) bond motifs is 9. The van der Waals surface area contributed by atoms with Gasteiger partial charge in [-0.3, -0.25) is 0 Å². The van der Waals surface area contributed by atoms with Gasteiger partial charge >= 0.3 is 0 Å². The first-order chi connectivity index (χ1) is 27.3. The molecule has 11 rings (SSSR count). The van der Waals surface area contributed by atoms with Crippen LogP contribution in [0, 0.1) is 0 Å². The van der Waals surface area contributed by atoms with E-state index < -0.39 is 5.41 Å². The minimum Gasteiger partial charge on any atom is -0.310 e. The fourth-order valence-electron chi connectivity index (χ4n) is 10.7. The van der Waals surface area contributed by atoms with E-state index in [-0.39, 0.29) is 10.8 Å². The van der Waals surface area contributed by atoms with Crippen LogP contribution in [0.1, 0.15) is 72.2 Å². The van der Waals surface area contributed by atoms with Gasteiger partial charge < -0.3 is 4.90 Å². The van der Waals surface area contributed by atoms with Crippen molar-refractivity contribution in [1.82, 2.24) is 0 Å². The Hall–Kier alpha value is -6.44. The Bertz CT molecular complexity index is 2820. The largest absolute Gasteiger partial charge is 0.310 e. The van der Waals surface area contributed by atoms with Crippen molar-refractivity contribution in [2.45, 2.75) is 43.9 Å². The highest BCUT2D eigenvalue weighted by molar-refractivity contribution is 5.92. The predicted octanol–water partition coefficient (Wildman–Crippen LogP) is 14.1. The van der Waals surface area contributed by atoms with E-state index in [0.29, 0.717) is 0 Å². The molecule has 0 radical (unpaired) electrons. The fraction of sp³-hybridized carbons (Fsp3) is 0.127. The van der Waals surface area contributed by atoms with E-state index in [4.69, 9.17) is 0 Å². The van der Waals surface area contributed by atoms with Crippen LogP contribution in [0.5, 0.6) is 0 Å². The van der Waals surface area contributed by atoms with Gasteiger partial charge in [-0.05, 0) is 114 Å². The SMILES string of the molecule is CC1(C)c2ccccc2-c2cc(N(c3ccc4c(c3)C(C)(C)c3ccccc3-4)c3ccc4c(c3)C(c3ccccc3)(c3ccccc3)c3ccccc3-4)ccc21. The van der Waals surface area contributed by atoms with E-state index in [1.165, 1.54) is 77.9 Å². The first-order valence-electron chi connectivity index (χ1n) is 19.9. The van der Waals surface area contributed by atoms with Crippen LogP contribution in [-0.4, -0.2) is 0 Å². The van der Waals surface area contributed by atoms with Gasteiger partial charge in [0, 0.05) is 27.9 Å². The van der Waals surface area contributed by atoms with Gasteiger partial charge in [0.1, 0.15) is 0 Å². The van der Waals surface area contributed by atoms with E-state index in [9.17, 15) is 0 Å². The normalized spacial score (nSPS) is 15.6. The van der Waals surface area contributed by atoms with E-state index in [1.807, 2.05) is 0 Å². The van der Waals surface area contributed by atoms with E-state index in [1.54, 1.807) is 0 Å². The molecule has 3 aliphatic carbocycles. The molecular weight excluding hydrogens is 675 g/mol. The molecule has 0 aliphatic heterocycles. The van der Waals surface area contributed by atoms with Crippen molar-refractivity contribution in [3.63, 3.8) is 0 Å². The van der Waals surface area contributed by atoms with Crippen LogP contribution in [0.2, 0.25) is 0 Å². The lowest BCUT2D eigenvalue weighted by Gasteiger charge is -2.35. The molecule has 0 saturated carbocycles. The van der Waals surface area contributed by atoms with Crippen LogP contribution in [0.4, 0.5) is 17.1 Å². The van der Waals surface area contributed by atoms with Crippen LogP contribution in [0.25, 0.3) is 33.4 Å². The fourth-order valence-corrected chi connectivity index (χ4v) is 10.7. The lowest BCUT2D eigenvalue weighted by molar-refractivity contribution is 0.660. The average molecular weight is 718 g/mol. The minimum atomic E-state index is -0.488. The first kappa shape index (κ1) is 32.9. The Morgan fingerprint density at radius 2 is 0.661 bits per heavy atom. The quantitative estimate of drug-likeness (QED) is 0.171. The highest BCUT2D eigenvalue weighted by Crippen LogP contribution is 2.58. The zero-order valence-electron chi connectivity index (χ0n) is 32.3. The highest BCUT2D eigenvalue weighted by Gasteiger charge is 2.46. The summed E-state index contributed by atoms with van der Waals surface area (Å²) in [6.45, 7) is 9.47. The van der Waals surface area contributed by atoms with Crippen molar-refractivity contribution in [2.24, 2.45) is 0 Å². The highest BCUT2D eigenvalue weighted by atomic mass is 15.1. The number of nitrogens with zero attached hydrogens (tertiary/aromatic N) is 1. The van der Waals surface area contributed by atoms with Gasteiger partial charge in [-0.1, -0.05) is 179 Å². The number of benzene rings is 8. The summed E-state index contributed by atoms with van der Waals surface area (Å²) in [5.74, 6) is 0. The summed E-state index contributed by atoms with van der Waals surface area (Å²) >= 11 is 0. The number of hydrogen-bond donors (Lipinski definition) is 0. The molecule has 3 aliphatic rings. The summed E-state index contributed by atoms with van der Waals surface area (Å²) in [7, 11) is 0. The monoisotopic (exact) mass is 717 g/mol. The van der Waals surface area contributed by atoms with Gasteiger partial charge in [-0.15, -0.1) is 0 Å². The van der Waals surface area contributed by atoms with Crippen molar-refractivity contribution in [3.8, 4) is 33.4 Å². The summed E-state index contributed by atoms with van der Waals surface area (Å²) in [6, 6.07) is 70.7. The van der Waals surface area contributed by atoms with Crippen LogP contribution >= 0.6 is 0 Å². The number of rotatable bonds is 5. The van der Waals surface area contributed by atoms with Gasteiger partial charge in [0.25, 0.3) is 0 Å². The molecule has 0 heterocycles. The van der Waals surface area contributed by atoms with E-state index in [2.05, 4.69) is 221 Å². The second-order valence-electron chi connectivity index (χ2n) is 16.9. The Morgan fingerprint density at radius 3 is 1.25 bits per heavy atom. The molecule has 1 nitrogen and oxygen atoms in total. The Balaban J connectivity index is 1.18. The maximum atomic E-state index is 2.51. The van der Waals surface area contributed by atoms with Crippen molar-refractivity contribution in [3.05, 3.63) is 233 Å². The molecule has 0 N–H and O–H groups in total. The average Bonchev–Trinajstić information content (AvgIpc) is 3.76. The standard InChI is InChI=1S/C55H43N/c1-53(2)48-25-15-12-23-43(48)46-33-38(29-32-49(46)53)56(39-27-30-44-41-21-11-14-24-47(41)54(3,4)51(44)34-39)40-28-31-45-42-22-13-16-26-50(42)55(52(45)35-40,36-17-7-5-8-18-36)37-19-9-6-10-20-37/h5-35H,1-4H3. The lowest BCUT2D eigenvalue weighted by Crippen LogP contribution is -2.28. The molecule has 56 heavy (non-hydrogen) atoms. The summed E-state index contributed by atoms with van der Waals surface area (Å²) < 4.78 is 0. The smallest absolute Gasteiger partial charge is 0.0714 e. The van der Waals surface area contributed by atoms with Crippen LogP contribution in [-0.2, 0) is 16.2 Å². The zero-order chi connectivity index (χ0) is 37.8. The summed E-state index contributed by atoms with van der Waals surface area (Å²) in [5, 5.41) is 0. The lowest BCUT2D eigenvalue weighted by atomic mass is 9.67. The van der Waals surface area contributed by atoms with E-state index in [0.717, 1.165) is 17.1 Å². The first-order valence-corrected chi connectivity index (χ1v) is 19.9. The van der Waals surface area contributed by atoms with Gasteiger partial charge in [-0.25, -0.2) is 0 Å². The van der Waals surface area contributed by atoms with E-state index >= 15 is 0 Å². The molecule has 0 spiro atoms. The zero-order valence-corrected chi connectivity index (χ0v) is 32.3. The van der Waals surface area contributed by atoms with Crippen LogP contribution in [0.15, 0.2) is 188 Å². The second-order valence-corrected chi connectivity index (χ2v) is 16.9. The van der Waals surface area contributed by atoms with Crippen LogP contribution < -0.4 is 4.90 Å². The third kappa shape index (κ3) is 4.37. The molecule has 0 bridgehead atoms. The Kier molecular flexibility index (Phi) is 6.93. The minimum absolute atomic E-state index is 0.0665. The summed E-state index contributed by atoms with van der Waals surface area (Å²) in [5.41, 5.74) is 21.4. The number of anilines is 3. The molecule has 0 atom stereocenters. The molecule has 0 aromatic heterocycles. The van der Waals surface area contributed by atoms with Crippen molar-refractivity contribution < 1.29 is 0 Å². The van der Waals surface area contributed by atoms with Crippen molar-refractivity contribution in [1.29, 1.82) is 0 Å². The Labute approximate surface area is 330 Å². The summed E-state index contributed by atoms with van der Waals surface area (Å²) in [6.07, 6.45) is 0. The van der Waals surface area contributed by atoms with Crippen molar-refractivity contribution in [2.75, 3.05) is 4.90 Å². The maximum absolute atomic E-state index is 2.51. The van der Waals surface area contributed by atoms with Gasteiger partial charge in [0.2, 0.25) is 0 Å². The second kappa shape index (κ2) is 11.8. The van der Waals surface area contributed by atoms with Gasteiger partial charge in [-0.2, -0.15) is 0 Å². The third-order valence-corrected chi connectivity index (χ3v) is 13.4. The molecule has 0 amide bonds. The number of hydrogen-bond acceptors (Lipinski definition) is 1. The van der Waals surface area contributed by atoms with Crippen molar-refractivity contribution >= 4 is 17.1 Å². The molecule has 0 unspecified atom stereocenters.